The zero-order valence-electron chi connectivity index (χ0n) is 13.7. The highest BCUT2D eigenvalue weighted by atomic mass is 32.2. The molecule has 0 saturated heterocycles. The Labute approximate surface area is 145 Å². The molecule has 0 saturated carbocycles. The quantitative estimate of drug-likeness (QED) is 0.730. The van der Waals surface area contributed by atoms with Crippen molar-refractivity contribution in [2.45, 2.75) is 31.0 Å². The Morgan fingerprint density at radius 2 is 1.83 bits per heavy atom. The van der Waals surface area contributed by atoms with Crippen LogP contribution in [0.3, 0.4) is 0 Å². The summed E-state index contributed by atoms with van der Waals surface area (Å²) in [7, 11) is -3.75. The van der Waals surface area contributed by atoms with Crippen molar-refractivity contribution in [3.8, 4) is 0 Å². The van der Waals surface area contributed by atoms with Crippen LogP contribution in [0.2, 0.25) is 0 Å². The highest BCUT2D eigenvalue weighted by molar-refractivity contribution is 7.91. The molecule has 0 aliphatic rings. The number of carbonyl (C=O) groups excluding carboxylic acids is 1. The summed E-state index contributed by atoms with van der Waals surface area (Å²) in [4.78, 5) is 11.6. The zero-order chi connectivity index (χ0) is 17.7. The number of hydrogen-bond donors (Lipinski definition) is 2. The van der Waals surface area contributed by atoms with Crippen molar-refractivity contribution in [1.82, 2.24) is 14.9 Å². The molecule has 0 aliphatic carbocycles. The van der Waals surface area contributed by atoms with Crippen molar-refractivity contribution in [3.63, 3.8) is 0 Å². The van der Waals surface area contributed by atoms with E-state index in [-0.39, 0.29) is 33.8 Å². The first-order valence-corrected chi connectivity index (χ1v) is 9.78. The van der Waals surface area contributed by atoms with Gasteiger partial charge in [0.05, 0.1) is 0 Å². The van der Waals surface area contributed by atoms with Crippen molar-refractivity contribution in [3.05, 3.63) is 35.9 Å². The van der Waals surface area contributed by atoms with Crippen LogP contribution in [-0.4, -0.2) is 31.1 Å². The first-order valence-electron chi connectivity index (χ1n) is 7.48. The van der Waals surface area contributed by atoms with Gasteiger partial charge in [0.1, 0.15) is 0 Å². The number of aromatic nitrogens is 2. The summed E-state index contributed by atoms with van der Waals surface area (Å²) in [6, 6.07) is 9.63. The lowest BCUT2D eigenvalue weighted by Gasteiger charge is -2.12. The van der Waals surface area contributed by atoms with Crippen LogP contribution in [0.15, 0.2) is 34.7 Å². The molecule has 0 aliphatic heterocycles. The molecule has 130 valence electrons. The summed E-state index contributed by atoms with van der Waals surface area (Å²) in [5.41, 5.74) is 1.04. The number of sulfonamides is 1. The lowest BCUT2D eigenvalue weighted by atomic mass is 10.0. The van der Waals surface area contributed by atoms with E-state index in [1.54, 1.807) is 13.8 Å². The Bertz CT molecular complexity index is 788. The van der Waals surface area contributed by atoms with Crippen LogP contribution < -0.4 is 10.0 Å². The van der Waals surface area contributed by atoms with Crippen LogP contribution in [0.4, 0.5) is 5.13 Å². The molecule has 7 nitrogen and oxygen atoms in total. The Balaban J connectivity index is 2.00. The molecule has 0 bridgehead atoms. The molecule has 1 heterocycles. The van der Waals surface area contributed by atoms with E-state index in [0.29, 0.717) is 0 Å². The number of amides is 1. The maximum absolute atomic E-state index is 12.3. The van der Waals surface area contributed by atoms with E-state index in [9.17, 15) is 13.2 Å². The second-order valence-corrected chi connectivity index (χ2v) is 8.60. The molecule has 0 spiro atoms. The van der Waals surface area contributed by atoms with Gasteiger partial charge in [-0.3, -0.25) is 4.79 Å². The van der Waals surface area contributed by atoms with Crippen LogP contribution in [0, 0.1) is 5.92 Å². The first-order chi connectivity index (χ1) is 11.3. The topological polar surface area (TPSA) is 101 Å². The maximum Gasteiger partial charge on any atom is 0.269 e. The molecule has 2 rings (SSSR count). The third-order valence-corrected chi connectivity index (χ3v) is 5.97. The second kappa shape index (κ2) is 7.82. The van der Waals surface area contributed by atoms with Gasteiger partial charge in [0, 0.05) is 12.5 Å². The van der Waals surface area contributed by atoms with Gasteiger partial charge in [0.25, 0.3) is 10.0 Å². The minimum atomic E-state index is -3.75. The van der Waals surface area contributed by atoms with Gasteiger partial charge in [-0.05, 0) is 11.5 Å². The summed E-state index contributed by atoms with van der Waals surface area (Å²) >= 11 is 0.828. The van der Waals surface area contributed by atoms with Crippen molar-refractivity contribution in [2.24, 2.45) is 5.92 Å². The molecule has 1 atom stereocenters. The van der Waals surface area contributed by atoms with Crippen molar-refractivity contribution >= 4 is 32.4 Å². The molecular weight excluding hydrogens is 348 g/mol. The molecule has 9 heteroatoms. The highest BCUT2D eigenvalue weighted by Crippen LogP contribution is 2.21. The molecule has 1 amide bonds. The van der Waals surface area contributed by atoms with Gasteiger partial charge in [-0.1, -0.05) is 62.4 Å². The maximum atomic E-state index is 12.3. The number of hydrogen-bond acceptors (Lipinski definition) is 6. The molecule has 1 aromatic heterocycles. The standard InChI is InChI=1S/C15H20N4O3S2/c1-10(2)13(20)17-14-18-19-15(23-14)24(21,22)16-9-11(3)12-7-5-4-6-8-12/h4-8,10-11,16H,9H2,1-3H3,(H,17,18,20). The van der Waals surface area contributed by atoms with E-state index >= 15 is 0 Å². The average molecular weight is 368 g/mol. The smallest absolute Gasteiger partial charge is 0.269 e. The van der Waals surface area contributed by atoms with Crippen LogP contribution in [0.25, 0.3) is 0 Å². The zero-order valence-corrected chi connectivity index (χ0v) is 15.3. The molecule has 24 heavy (non-hydrogen) atoms. The Kier molecular flexibility index (Phi) is 6.03. The Morgan fingerprint density at radius 3 is 2.46 bits per heavy atom. The van der Waals surface area contributed by atoms with Gasteiger partial charge in [-0.25, -0.2) is 13.1 Å². The van der Waals surface area contributed by atoms with Gasteiger partial charge < -0.3 is 5.32 Å². The Hall–Kier alpha value is -1.84. The van der Waals surface area contributed by atoms with E-state index in [1.807, 2.05) is 37.3 Å². The molecule has 2 aromatic rings. The number of rotatable bonds is 7. The Morgan fingerprint density at radius 1 is 1.17 bits per heavy atom. The van der Waals surface area contributed by atoms with E-state index < -0.39 is 10.0 Å². The van der Waals surface area contributed by atoms with Crippen molar-refractivity contribution < 1.29 is 13.2 Å². The van der Waals surface area contributed by atoms with Crippen molar-refractivity contribution in [2.75, 3.05) is 11.9 Å². The fourth-order valence-corrected chi connectivity index (χ4v) is 3.89. The second-order valence-electron chi connectivity index (χ2n) is 5.68. The average Bonchev–Trinajstić information content (AvgIpc) is 3.03. The summed E-state index contributed by atoms with van der Waals surface area (Å²) in [6.07, 6.45) is 0. The van der Waals surface area contributed by atoms with Crippen LogP contribution in [0.5, 0.6) is 0 Å². The number of benzene rings is 1. The largest absolute Gasteiger partial charge is 0.300 e. The van der Waals surface area contributed by atoms with Gasteiger partial charge in [0.2, 0.25) is 15.4 Å². The molecule has 2 N–H and O–H groups in total. The van der Waals surface area contributed by atoms with E-state index in [4.69, 9.17) is 0 Å². The third-order valence-electron chi connectivity index (χ3n) is 3.34. The number of anilines is 1. The minimum absolute atomic E-state index is 0.0222. The van der Waals surface area contributed by atoms with Crippen LogP contribution in [-0.2, 0) is 14.8 Å². The molecule has 1 unspecified atom stereocenters. The summed E-state index contributed by atoms with van der Waals surface area (Å²) < 4.78 is 26.9. The number of nitrogens with zero attached hydrogens (tertiary/aromatic N) is 2. The molecular formula is C15H20N4O3S2. The molecule has 0 fully saturated rings. The minimum Gasteiger partial charge on any atom is -0.300 e. The third kappa shape index (κ3) is 4.83. The van der Waals surface area contributed by atoms with E-state index in [2.05, 4.69) is 20.2 Å². The molecule has 0 radical (unpaired) electrons. The van der Waals surface area contributed by atoms with Crippen LogP contribution in [0.1, 0.15) is 32.3 Å². The predicted molar refractivity (Wildman–Crippen MR) is 93.4 cm³/mol. The lowest BCUT2D eigenvalue weighted by Crippen LogP contribution is -2.27. The molecule has 1 aromatic carbocycles. The number of carbonyl (C=O) groups is 1. The van der Waals surface area contributed by atoms with E-state index in [1.165, 1.54) is 0 Å². The normalized spacial score (nSPS) is 13.0. The van der Waals surface area contributed by atoms with Gasteiger partial charge in [-0.15, -0.1) is 10.2 Å². The van der Waals surface area contributed by atoms with Gasteiger partial charge >= 0.3 is 0 Å². The summed E-state index contributed by atoms with van der Waals surface area (Å²) in [5.74, 6) is -0.437. The lowest BCUT2D eigenvalue weighted by molar-refractivity contribution is -0.118. The van der Waals surface area contributed by atoms with Crippen molar-refractivity contribution in [1.29, 1.82) is 0 Å². The van der Waals surface area contributed by atoms with Gasteiger partial charge in [0.15, 0.2) is 0 Å². The SMILES string of the molecule is CC(C)C(=O)Nc1nnc(S(=O)(=O)NCC(C)c2ccccc2)s1. The van der Waals surface area contributed by atoms with Crippen LogP contribution >= 0.6 is 11.3 Å². The summed E-state index contributed by atoms with van der Waals surface area (Å²) in [6.45, 7) is 5.66. The number of nitrogens with one attached hydrogen (secondary N) is 2. The summed E-state index contributed by atoms with van der Waals surface area (Å²) in [5, 5.41) is 10.1. The van der Waals surface area contributed by atoms with E-state index in [0.717, 1.165) is 16.9 Å². The predicted octanol–water partition coefficient (Wildman–Crippen LogP) is 2.21. The first kappa shape index (κ1) is 18.5. The fourth-order valence-electron chi connectivity index (χ4n) is 1.81. The highest BCUT2D eigenvalue weighted by Gasteiger charge is 2.22. The fraction of sp³-hybridized carbons (Fsp3) is 0.400. The van der Waals surface area contributed by atoms with Gasteiger partial charge in [-0.2, -0.15) is 0 Å². The monoisotopic (exact) mass is 368 g/mol.